The molecule has 0 saturated heterocycles. The number of benzene rings is 3. The first-order chi connectivity index (χ1) is 19.3. The first-order valence-electron chi connectivity index (χ1n) is 12.0. The topological polar surface area (TPSA) is 154 Å². The van der Waals surface area contributed by atoms with Crippen LogP contribution in [-0.4, -0.2) is 54.5 Å². The first-order valence-corrected chi connectivity index (χ1v) is 12.4. The number of amides is 2. The van der Waals surface area contributed by atoms with Gasteiger partial charge in [-0.3, -0.25) is 9.59 Å². The van der Waals surface area contributed by atoms with E-state index in [2.05, 4.69) is 26.9 Å². The van der Waals surface area contributed by atoms with Gasteiger partial charge in [0.25, 0.3) is 5.91 Å². The van der Waals surface area contributed by atoms with Crippen molar-refractivity contribution < 1.29 is 19.5 Å². The van der Waals surface area contributed by atoms with Crippen molar-refractivity contribution in [1.82, 2.24) is 25.1 Å². The molecule has 5 rings (SSSR count). The summed E-state index contributed by atoms with van der Waals surface area (Å²) in [5, 5.41) is 33.0. The van der Waals surface area contributed by atoms with Crippen LogP contribution in [0.3, 0.4) is 0 Å². The lowest BCUT2D eigenvalue weighted by atomic mass is 9.90. The Kier molecular flexibility index (Phi) is 7.35. The number of aromatic carboxylic acids is 1. The number of halogens is 1. The molecule has 40 heavy (non-hydrogen) atoms. The van der Waals surface area contributed by atoms with E-state index in [1.807, 2.05) is 0 Å². The number of anilines is 1. The summed E-state index contributed by atoms with van der Waals surface area (Å²) in [6.07, 6.45) is 4.83. The standard InChI is InChI=1S/C28H20ClN7O4/c29-21-6-9-24(36-16-31-33-34-36)20(14-21)5-10-25(37)35-12-11-18-2-1-17(15-30)13-23(18)26(35)27(38)32-22-7-3-19(4-8-22)28(39)40/h1-10,13-14,16,26H,11-12H2,(H,32,38)(H,39,40)/b10-5+. The number of nitrogens with zero attached hydrogens (tertiary/aromatic N) is 6. The van der Waals surface area contributed by atoms with Gasteiger partial charge in [-0.15, -0.1) is 5.10 Å². The lowest BCUT2D eigenvalue weighted by Crippen LogP contribution is -2.44. The van der Waals surface area contributed by atoms with E-state index in [4.69, 9.17) is 16.7 Å². The molecule has 0 spiro atoms. The Morgan fingerprint density at radius 1 is 1.10 bits per heavy atom. The highest BCUT2D eigenvalue weighted by Crippen LogP contribution is 2.32. The molecule has 0 saturated carbocycles. The number of rotatable bonds is 6. The highest BCUT2D eigenvalue weighted by molar-refractivity contribution is 6.30. The second-order valence-corrected chi connectivity index (χ2v) is 9.31. The average molecular weight is 554 g/mol. The molecule has 198 valence electrons. The summed E-state index contributed by atoms with van der Waals surface area (Å²) < 4.78 is 1.44. The van der Waals surface area contributed by atoms with Crippen molar-refractivity contribution in [2.75, 3.05) is 11.9 Å². The van der Waals surface area contributed by atoms with Crippen LogP contribution >= 0.6 is 11.6 Å². The van der Waals surface area contributed by atoms with Gasteiger partial charge in [0.05, 0.1) is 22.9 Å². The summed E-state index contributed by atoms with van der Waals surface area (Å²) in [6.45, 7) is 0.257. The second kappa shape index (κ2) is 11.2. The third-order valence-corrected chi connectivity index (χ3v) is 6.66. The number of hydrogen-bond donors (Lipinski definition) is 2. The molecule has 2 N–H and O–H groups in total. The van der Waals surface area contributed by atoms with E-state index in [1.165, 1.54) is 46.3 Å². The van der Waals surface area contributed by atoms with Crippen molar-refractivity contribution in [2.24, 2.45) is 0 Å². The fourth-order valence-electron chi connectivity index (χ4n) is 4.51. The molecule has 0 aliphatic carbocycles. The Morgan fingerprint density at radius 3 is 2.60 bits per heavy atom. The van der Waals surface area contributed by atoms with Crippen LogP contribution in [-0.2, 0) is 16.0 Å². The van der Waals surface area contributed by atoms with Crippen molar-refractivity contribution in [3.05, 3.63) is 106 Å². The van der Waals surface area contributed by atoms with Gasteiger partial charge in [0.15, 0.2) is 0 Å². The van der Waals surface area contributed by atoms with Crippen molar-refractivity contribution in [3.63, 3.8) is 0 Å². The molecule has 1 unspecified atom stereocenters. The fraction of sp³-hybridized carbons (Fsp3) is 0.107. The molecule has 1 atom stereocenters. The molecular weight excluding hydrogens is 534 g/mol. The SMILES string of the molecule is N#Cc1ccc2c(c1)C(C(=O)Nc1ccc(C(=O)O)cc1)N(C(=O)/C=C/c1cc(Cl)ccc1-n1cnnn1)CC2. The van der Waals surface area contributed by atoms with Gasteiger partial charge in [-0.1, -0.05) is 17.7 Å². The quantitative estimate of drug-likeness (QED) is 0.343. The minimum atomic E-state index is -1.09. The Balaban J connectivity index is 1.47. The molecular formula is C28H20ClN7O4. The Morgan fingerprint density at radius 2 is 1.90 bits per heavy atom. The molecule has 3 aromatic carbocycles. The van der Waals surface area contributed by atoms with E-state index < -0.39 is 23.8 Å². The second-order valence-electron chi connectivity index (χ2n) is 8.87. The number of aromatic nitrogens is 4. The molecule has 0 bridgehead atoms. The van der Waals surface area contributed by atoms with Crippen molar-refractivity contribution >= 4 is 41.1 Å². The van der Waals surface area contributed by atoms with Gasteiger partial charge in [-0.2, -0.15) is 9.94 Å². The third kappa shape index (κ3) is 5.43. The normalized spacial score (nSPS) is 14.4. The summed E-state index contributed by atoms with van der Waals surface area (Å²) >= 11 is 6.19. The van der Waals surface area contributed by atoms with Crippen LogP contribution in [0.5, 0.6) is 0 Å². The zero-order valence-corrected chi connectivity index (χ0v) is 21.5. The molecule has 11 nitrogen and oxygen atoms in total. The smallest absolute Gasteiger partial charge is 0.335 e. The van der Waals surface area contributed by atoms with Gasteiger partial charge in [0.1, 0.15) is 12.4 Å². The number of hydrogen-bond acceptors (Lipinski definition) is 7. The maximum absolute atomic E-state index is 13.6. The van der Waals surface area contributed by atoms with E-state index in [-0.39, 0.29) is 12.1 Å². The molecule has 1 aromatic heterocycles. The number of nitrogens with one attached hydrogen (secondary N) is 1. The Bertz CT molecular complexity index is 1680. The summed E-state index contributed by atoms with van der Waals surface area (Å²) in [7, 11) is 0. The van der Waals surface area contributed by atoms with Crippen molar-refractivity contribution in [3.8, 4) is 11.8 Å². The summed E-state index contributed by atoms with van der Waals surface area (Å²) in [5.74, 6) is -2.02. The molecule has 0 radical (unpaired) electrons. The lowest BCUT2D eigenvalue weighted by molar-refractivity contribution is -0.135. The van der Waals surface area contributed by atoms with Gasteiger partial charge in [0.2, 0.25) is 5.91 Å². The summed E-state index contributed by atoms with van der Waals surface area (Å²) in [4.78, 5) is 39.8. The monoisotopic (exact) mass is 553 g/mol. The first kappa shape index (κ1) is 26.3. The third-order valence-electron chi connectivity index (χ3n) is 6.42. The van der Waals surface area contributed by atoms with Gasteiger partial charge in [-0.25, -0.2) is 4.79 Å². The molecule has 12 heteroatoms. The van der Waals surface area contributed by atoms with Crippen LogP contribution in [0.4, 0.5) is 5.69 Å². The van der Waals surface area contributed by atoms with Crippen molar-refractivity contribution in [2.45, 2.75) is 12.5 Å². The van der Waals surface area contributed by atoms with E-state index in [0.717, 1.165) is 5.56 Å². The molecule has 2 heterocycles. The Labute approximate surface area is 232 Å². The number of carboxylic acid groups (broad SMARTS) is 1. The van der Waals surface area contributed by atoms with E-state index in [1.54, 1.807) is 42.5 Å². The van der Waals surface area contributed by atoms with E-state index in [9.17, 15) is 19.6 Å². The summed E-state index contributed by atoms with van der Waals surface area (Å²) in [5.41, 5.74) is 3.37. The number of fused-ring (bicyclic) bond motifs is 1. The number of nitriles is 1. The van der Waals surface area contributed by atoms with Gasteiger partial charge in [-0.05, 0) is 88.6 Å². The number of carbonyl (C=O) groups excluding carboxylic acids is 2. The van der Waals surface area contributed by atoms with Crippen molar-refractivity contribution in [1.29, 1.82) is 5.26 Å². The number of carboxylic acids is 1. The highest BCUT2D eigenvalue weighted by Gasteiger charge is 2.35. The molecule has 4 aromatic rings. The zero-order chi connectivity index (χ0) is 28.2. The average Bonchev–Trinajstić information content (AvgIpc) is 3.50. The largest absolute Gasteiger partial charge is 0.478 e. The van der Waals surface area contributed by atoms with Crippen LogP contribution in [0.2, 0.25) is 5.02 Å². The van der Waals surface area contributed by atoms with Crippen LogP contribution in [0.15, 0.2) is 73.1 Å². The molecule has 0 fully saturated rings. The zero-order valence-electron chi connectivity index (χ0n) is 20.7. The lowest BCUT2D eigenvalue weighted by Gasteiger charge is -2.36. The predicted octanol–water partition coefficient (Wildman–Crippen LogP) is 3.66. The number of tetrazole rings is 1. The maximum atomic E-state index is 13.6. The van der Waals surface area contributed by atoms with Gasteiger partial charge < -0.3 is 15.3 Å². The highest BCUT2D eigenvalue weighted by atomic mass is 35.5. The summed E-state index contributed by atoms with van der Waals surface area (Å²) in [6, 6.07) is 16.9. The molecule has 2 amide bonds. The van der Waals surface area contributed by atoms with Crippen LogP contribution in [0.1, 0.15) is 38.7 Å². The van der Waals surface area contributed by atoms with E-state index >= 15 is 0 Å². The van der Waals surface area contributed by atoms with Gasteiger partial charge >= 0.3 is 5.97 Å². The van der Waals surface area contributed by atoms with E-state index in [0.29, 0.717) is 39.5 Å². The van der Waals surface area contributed by atoms with Crippen LogP contribution in [0.25, 0.3) is 11.8 Å². The molecule has 1 aliphatic heterocycles. The molecule has 1 aliphatic rings. The number of carbonyl (C=O) groups is 3. The minimum absolute atomic E-state index is 0.0728. The van der Waals surface area contributed by atoms with Crippen LogP contribution in [0, 0.1) is 11.3 Å². The van der Waals surface area contributed by atoms with Crippen LogP contribution < -0.4 is 5.32 Å². The fourth-order valence-corrected chi connectivity index (χ4v) is 4.69. The predicted molar refractivity (Wildman–Crippen MR) is 145 cm³/mol. The van der Waals surface area contributed by atoms with Gasteiger partial charge in [0, 0.05) is 28.9 Å². The Hall–Kier alpha value is -5.34. The minimum Gasteiger partial charge on any atom is -0.478 e. The maximum Gasteiger partial charge on any atom is 0.335 e.